The van der Waals surface area contributed by atoms with Crippen LogP contribution in [0.2, 0.25) is 0 Å². The molecule has 4 nitrogen and oxygen atoms in total. The van der Waals surface area contributed by atoms with Gasteiger partial charge in [-0.25, -0.2) is 8.78 Å². The predicted molar refractivity (Wildman–Crippen MR) is 105 cm³/mol. The highest BCUT2D eigenvalue weighted by Crippen LogP contribution is 2.39. The topological polar surface area (TPSA) is 60.0 Å². The van der Waals surface area contributed by atoms with E-state index >= 15 is 0 Å². The molecule has 2 aromatic carbocycles. The molecule has 144 valence electrons. The molecule has 0 radical (unpaired) electrons. The van der Waals surface area contributed by atoms with Crippen LogP contribution in [0, 0.1) is 18.6 Å². The lowest BCUT2D eigenvalue weighted by Gasteiger charge is -2.28. The smallest absolute Gasteiger partial charge is 0.268 e. The van der Waals surface area contributed by atoms with Crippen molar-refractivity contribution in [3.8, 4) is 22.4 Å². The Labute approximate surface area is 162 Å². The van der Waals surface area contributed by atoms with Gasteiger partial charge in [0.1, 0.15) is 5.69 Å². The minimum atomic E-state index is -0.917. The molecule has 28 heavy (non-hydrogen) atoms. The molecule has 0 aliphatic carbocycles. The molecule has 1 amide bonds. The molecule has 0 saturated carbocycles. The summed E-state index contributed by atoms with van der Waals surface area (Å²) in [6.45, 7) is 2.95. The maximum absolute atomic E-state index is 13.9. The number of amides is 1. The summed E-state index contributed by atoms with van der Waals surface area (Å²) in [4.78, 5) is 12.6. The lowest BCUT2D eigenvalue weighted by Crippen LogP contribution is -2.39. The van der Waals surface area contributed by atoms with Gasteiger partial charge in [0.05, 0.1) is 11.7 Å². The first kappa shape index (κ1) is 18.4. The first-order valence-electron chi connectivity index (χ1n) is 9.25. The quantitative estimate of drug-likeness (QED) is 0.717. The van der Waals surface area contributed by atoms with Gasteiger partial charge in [-0.1, -0.05) is 29.8 Å². The van der Waals surface area contributed by atoms with Crippen LogP contribution in [0.15, 0.2) is 48.5 Å². The zero-order valence-electron chi connectivity index (χ0n) is 15.5. The first-order chi connectivity index (χ1) is 13.5. The molecule has 2 heterocycles. The molecule has 6 heteroatoms. The summed E-state index contributed by atoms with van der Waals surface area (Å²) in [5.41, 5.74) is 10.3. The molecule has 3 aromatic rings. The van der Waals surface area contributed by atoms with Crippen molar-refractivity contribution in [2.75, 3.05) is 13.1 Å². The minimum Gasteiger partial charge on any atom is -0.349 e. The second kappa shape index (κ2) is 7.20. The molecule has 4 rings (SSSR count). The summed E-state index contributed by atoms with van der Waals surface area (Å²) >= 11 is 0. The molecule has 3 N–H and O–H groups in total. The molecule has 1 aliphatic heterocycles. The monoisotopic (exact) mass is 381 g/mol. The van der Waals surface area contributed by atoms with Crippen molar-refractivity contribution < 1.29 is 13.6 Å². The van der Waals surface area contributed by atoms with Crippen LogP contribution in [-0.2, 0) is 0 Å². The van der Waals surface area contributed by atoms with Gasteiger partial charge in [-0.2, -0.15) is 0 Å². The van der Waals surface area contributed by atoms with E-state index in [-0.39, 0.29) is 11.9 Å². The highest BCUT2D eigenvalue weighted by atomic mass is 19.2. The maximum atomic E-state index is 13.9. The number of benzene rings is 2. The van der Waals surface area contributed by atoms with E-state index < -0.39 is 11.6 Å². The Morgan fingerprint density at radius 2 is 1.93 bits per heavy atom. The summed E-state index contributed by atoms with van der Waals surface area (Å²) in [6, 6.07) is 13.5. The summed E-state index contributed by atoms with van der Waals surface area (Å²) < 4.78 is 29.4. The van der Waals surface area contributed by atoms with E-state index in [1.54, 1.807) is 6.07 Å². The van der Waals surface area contributed by atoms with Gasteiger partial charge in [0, 0.05) is 12.1 Å². The fourth-order valence-electron chi connectivity index (χ4n) is 3.87. The van der Waals surface area contributed by atoms with E-state index in [1.807, 2.05) is 35.8 Å². The SMILES string of the molecule is Cc1cccc(-c2c(-c3ccc(F)c(F)c3)cc3n2C(CCN)CNC3=O)c1. The minimum absolute atomic E-state index is 0.00717. The van der Waals surface area contributed by atoms with Crippen molar-refractivity contribution in [3.05, 3.63) is 71.4 Å². The van der Waals surface area contributed by atoms with E-state index in [9.17, 15) is 13.6 Å². The van der Waals surface area contributed by atoms with Crippen molar-refractivity contribution in [2.24, 2.45) is 5.73 Å². The van der Waals surface area contributed by atoms with Crippen LogP contribution < -0.4 is 11.1 Å². The lowest BCUT2D eigenvalue weighted by atomic mass is 9.99. The summed E-state index contributed by atoms with van der Waals surface area (Å²) in [6.07, 6.45) is 0.692. The Balaban J connectivity index is 2.02. The highest BCUT2D eigenvalue weighted by Gasteiger charge is 2.30. The molecule has 1 aliphatic rings. The number of halogens is 2. The van der Waals surface area contributed by atoms with Crippen LogP contribution in [-0.4, -0.2) is 23.6 Å². The van der Waals surface area contributed by atoms with E-state index in [4.69, 9.17) is 5.73 Å². The van der Waals surface area contributed by atoms with Gasteiger partial charge in [-0.15, -0.1) is 0 Å². The van der Waals surface area contributed by atoms with Crippen LogP contribution >= 0.6 is 0 Å². The maximum Gasteiger partial charge on any atom is 0.268 e. The van der Waals surface area contributed by atoms with Crippen LogP contribution in [0.25, 0.3) is 22.4 Å². The lowest BCUT2D eigenvalue weighted by molar-refractivity contribution is 0.0914. The molecule has 1 unspecified atom stereocenters. The number of carbonyl (C=O) groups is 1. The standard InChI is InChI=1S/C22H21F2N3O/c1-13-3-2-4-15(9-13)21-17(14-5-6-18(23)19(24)10-14)11-20-22(28)26-12-16(7-8-25)27(20)21/h2-6,9-11,16H,7-8,12,25H2,1H3,(H,26,28). The van der Waals surface area contributed by atoms with Crippen molar-refractivity contribution in [1.82, 2.24) is 9.88 Å². The number of hydrogen-bond acceptors (Lipinski definition) is 2. The summed E-state index contributed by atoms with van der Waals surface area (Å²) in [5, 5.41) is 2.90. The normalized spacial score (nSPS) is 16.0. The molecule has 0 saturated heterocycles. The number of nitrogens with zero attached hydrogens (tertiary/aromatic N) is 1. The van der Waals surface area contributed by atoms with Gasteiger partial charge < -0.3 is 15.6 Å². The number of aromatic nitrogens is 1. The van der Waals surface area contributed by atoms with Crippen LogP contribution in [0.5, 0.6) is 0 Å². The molecule has 0 spiro atoms. The van der Waals surface area contributed by atoms with E-state index in [0.29, 0.717) is 36.3 Å². The van der Waals surface area contributed by atoms with Crippen molar-refractivity contribution in [1.29, 1.82) is 0 Å². The average Bonchev–Trinajstić information content (AvgIpc) is 3.08. The molecule has 1 atom stereocenters. The second-order valence-electron chi connectivity index (χ2n) is 7.10. The van der Waals surface area contributed by atoms with Gasteiger partial charge in [0.25, 0.3) is 5.91 Å². The number of carbonyl (C=O) groups excluding carboxylic acids is 1. The number of aryl methyl sites for hydroxylation is 1. The van der Waals surface area contributed by atoms with Gasteiger partial charge in [-0.3, -0.25) is 4.79 Å². The Kier molecular flexibility index (Phi) is 4.73. The van der Waals surface area contributed by atoms with Gasteiger partial charge in [0.2, 0.25) is 0 Å². The molecule has 0 bridgehead atoms. The zero-order valence-corrected chi connectivity index (χ0v) is 15.5. The van der Waals surface area contributed by atoms with E-state index in [2.05, 4.69) is 5.32 Å². The Morgan fingerprint density at radius 3 is 2.64 bits per heavy atom. The third-order valence-corrected chi connectivity index (χ3v) is 5.15. The van der Waals surface area contributed by atoms with Crippen molar-refractivity contribution >= 4 is 5.91 Å². The third-order valence-electron chi connectivity index (χ3n) is 5.15. The highest BCUT2D eigenvalue weighted by molar-refractivity contribution is 5.98. The van der Waals surface area contributed by atoms with E-state index in [1.165, 1.54) is 12.1 Å². The first-order valence-corrected chi connectivity index (χ1v) is 9.25. The van der Waals surface area contributed by atoms with Gasteiger partial charge in [-0.05, 0) is 55.3 Å². The Hall–Kier alpha value is -2.99. The summed E-state index contributed by atoms with van der Waals surface area (Å²) in [7, 11) is 0. The number of nitrogens with two attached hydrogens (primary N) is 1. The van der Waals surface area contributed by atoms with Gasteiger partial charge >= 0.3 is 0 Å². The molecule has 0 fully saturated rings. The average molecular weight is 381 g/mol. The van der Waals surface area contributed by atoms with Crippen LogP contribution in [0.4, 0.5) is 8.78 Å². The second-order valence-corrected chi connectivity index (χ2v) is 7.10. The van der Waals surface area contributed by atoms with Crippen molar-refractivity contribution in [3.63, 3.8) is 0 Å². The third kappa shape index (κ3) is 3.10. The number of rotatable bonds is 4. The van der Waals surface area contributed by atoms with Crippen LogP contribution in [0.1, 0.15) is 28.5 Å². The van der Waals surface area contributed by atoms with Gasteiger partial charge in [0.15, 0.2) is 11.6 Å². The van der Waals surface area contributed by atoms with Crippen LogP contribution in [0.3, 0.4) is 0 Å². The number of nitrogens with one attached hydrogen (secondary N) is 1. The Bertz CT molecular complexity index is 1060. The fraction of sp³-hybridized carbons (Fsp3) is 0.227. The number of fused-ring (bicyclic) bond motifs is 1. The number of hydrogen-bond donors (Lipinski definition) is 2. The largest absolute Gasteiger partial charge is 0.349 e. The van der Waals surface area contributed by atoms with E-state index in [0.717, 1.165) is 22.9 Å². The molecular weight excluding hydrogens is 360 g/mol. The molecular formula is C22H21F2N3O. The fourth-order valence-corrected chi connectivity index (χ4v) is 3.87. The predicted octanol–water partition coefficient (Wildman–Crippen LogP) is 4.04. The summed E-state index contributed by atoms with van der Waals surface area (Å²) in [5.74, 6) is -2.00. The zero-order chi connectivity index (χ0) is 19.8. The van der Waals surface area contributed by atoms with Crippen molar-refractivity contribution in [2.45, 2.75) is 19.4 Å². The Morgan fingerprint density at radius 1 is 1.11 bits per heavy atom. The molecule has 1 aromatic heterocycles.